The molecule has 0 aliphatic carbocycles. The van der Waals surface area contributed by atoms with Crippen LogP contribution in [0.1, 0.15) is 64.7 Å². The maximum absolute atomic E-state index is 12.7. The van der Waals surface area contributed by atoms with E-state index in [1.54, 1.807) is 26.0 Å². The van der Waals surface area contributed by atoms with Crippen LogP contribution in [0.15, 0.2) is 29.2 Å². The Hall–Kier alpha value is -1.32. The second-order valence-corrected chi connectivity index (χ2v) is 10.1. The normalized spacial score (nSPS) is 21.3. The molecule has 8 heteroatoms. The second kappa shape index (κ2) is 8.20. The first kappa shape index (κ1) is 23.0. The molecule has 158 valence electrons. The Morgan fingerprint density at radius 1 is 1.21 bits per heavy atom. The van der Waals surface area contributed by atoms with Gasteiger partial charge in [-0.2, -0.15) is 5.06 Å². The maximum Gasteiger partial charge on any atom is 0.339 e. The van der Waals surface area contributed by atoms with Gasteiger partial charge >= 0.3 is 5.97 Å². The summed E-state index contributed by atoms with van der Waals surface area (Å²) < 4.78 is 26.6. The van der Waals surface area contributed by atoms with Gasteiger partial charge < -0.3 is 14.4 Å². The van der Waals surface area contributed by atoms with Crippen LogP contribution in [0.4, 0.5) is 0 Å². The fraction of sp³-hybridized carbons (Fsp3) is 0.650. The number of rotatable bonds is 6. The molecule has 1 atom stereocenters. The Labute approximate surface area is 169 Å². The van der Waals surface area contributed by atoms with Gasteiger partial charge in [0.1, 0.15) is 6.10 Å². The van der Waals surface area contributed by atoms with E-state index in [1.165, 1.54) is 12.1 Å². The van der Waals surface area contributed by atoms with E-state index in [0.29, 0.717) is 12.8 Å². The smallest absolute Gasteiger partial charge is 0.339 e. The fourth-order valence-corrected chi connectivity index (χ4v) is 4.36. The number of nitrogens with zero attached hydrogens (tertiary/aromatic N) is 1. The van der Waals surface area contributed by atoms with Crippen LogP contribution in [0.3, 0.4) is 0 Å². The number of carbonyl (C=O) groups excluding carboxylic acids is 1. The van der Waals surface area contributed by atoms with Crippen molar-refractivity contribution in [3.8, 4) is 0 Å². The Bertz CT molecular complexity index is 722. The van der Waals surface area contributed by atoms with Gasteiger partial charge in [0, 0.05) is 23.9 Å². The van der Waals surface area contributed by atoms with E-state index >= 15 is 0 Å². The molecule has 0 aromatic heterocycles. The highest BCUT2D eigenvalue weighted by atomic mass is 32.2. The van der Waals surface area contributed by atoms with Crippen LogP contribution < -0.4 is 0 Å². The highest BCUT2D eigenvalue weighted by molar-refractivity contribution is 7.79. The van der Waals surface area contributed by atoms with E-state index in [1.807, 2.05) is 32.8 Å². The van der Waals surface area contributed by atoms with Gasteiger partial charge in [-0.25, -0.2) is 9.00 Å². The van der Waals surface area contributed by atoms with Crippen LogP contribution in [0.5, 0.6) is 0 Å². The first-order chi connectivity index (χ1) is 12.7. The zero-order valence-electron chi connectivity index (χ0n) is 17.4. The maximum atomic E-state index is 12.7. The van der Waals surface area contributed by atoms with E-state index in [9.17, 15) is 18.7 Å². The van der Waals surface area contributed by atoms with Crippen molar-refractivity contribution in [2.45, 2.75) is 82.1 Å². The molecule has 1 aliphatic rings. The molecule has 1 aromatic rings. The molecule has 1 saturated heterocycles. The summed E-state index contributed by atoms with van der Waals surface area (Å²) in [5.74, 6) is -0.611. The SMILES string of the molecule is CC(C)(O)CON1C(C)(C)CC(OC(=O)c2ccccc2S(=O)O)CC1(C)C. The van der Waals surface area contributed by atoms with E-state index in [0.717, 1.165) is 0 Å². The summed E-state index contributed by atoms with van der Waals surface area (Å²) in [4.78, 5) is 18.6. The molecule has 1 fully saturated rings. The Morgan fingerprint density at radius 3 is 2.25 bits per heavy atom. The van der Waals surface area contributed by atoms with Gasteiger partial charge in [0.2, 0.25) is 0 Å². The molecule has 0 amide bonds. The molecule has 0 bridgehead atoms. The molecule has 2 rings (SSSR count). The lowest BCUT2D eigenvalue weighted by Gasteiger charge is -2.53. The summed E-state index contributed by atoms with van der Waals surface area (Å²) in [7, 11) is 0. The molecule has 0 spiro atoms. The molecule has 1 aromatic carbocycles. The summed E-state index contributed by atoms with van der Waals surface area (Å²) in [6, 6.07) is 6.16. The molecular formula is C20H31NO6S. The van der Waals surface area contributed by atoms with Crippen molar-refractivity contribution in [1.29, 1.82) is 0 Å². The van der Waals surface area contributed by atoms with Crippen molar-refractivity contribution in [3.05, 3.63) is 29.8 Å². The molecule has 0 radical (unpaired) electrons. The first-order valence-corrected chi connectivity index (χ1v) is 10.4. The summed E-state index contributed by atoms with van der Waals surface area (Å²) in [5.41, 5.74) is -1.76. The predicted octanol–water partition coefficient (Wildman–Crippen LogP) is 3.15. The Morgan fingerprint density at radius 2 is 1.75 bits per heavy atom. The second-order valence-electron chi connectivity index (χ2n) is 9.19. The third-order valence-corrected chi connectivity index (χ3v) is 5.40. The number of carbonyl (C=O) groups is 1. The lowest BCUT2D eigenvalue weighted by Crippen LogP contribution is -2.62. The molecule has 1 unspecified atom stereocenters. The zero-order valence-corrected chi connectivity index (χ0v) is 18.2. The minimum atomic E-state index is -2.27. The van der Waals surface area contributed by atoms with Crippen molar-refractivity contribution >= 4 is 17.0 Å². The number of benzene rings is 1. The summed E-state index contributed by atoms with van der Waals surface area (Å²) in [6.45, 7) is 11.5. The minimum absolute atomic E-state index is 0.0389. The van der Waals surface area contributed by atoms with Crippen molar-refractivity contribution in [1.82, 2.24) is 5.06 Å². The average Bonchev–Trinajstić information content (AvgIpc) is 2.51. The fourth-order valence-electron chi connectivity index (χ4n) is 3.83. The quantitative estimate of drug-likeness (QED) is 0.546. The molecule has 7 nitrogen and oxygen atoms in total. The van der Waals surface area contributed by atoms with E-state index in [-0.39, 0.29) is 23.2 Å². The molecule has 28 heavy (non-hydrogen) atoms. The number of hydrogen-bond donors (Lipinski definition) is 2. The largest absolute Gasteiger partial charge is 0.459 e. The third kappa shape index (κ3) is 5.61. The van der Waals surface area contributed by atoms with Crippen LogP contribution in [0.25, 0.3) is 0 Å². The number of piperidine rings is 1. The lowest BCUT2D eigenvalue weighted by molar-refractivity contribution is -0.305. The number of hydrogen-bond acceptors (Lipinski definition) is 6. The van der Waals surface area contributed by atoms with Gasteiger partial charge in [0.25, 0.3) is 0 Å². The van der Waals surface area contributed by atoms with E-state index < -0.39 is 33.7 Å². The molecule has 1 aliphatic heterocycles. The zero-order chi connectivity index (χ0) is 21.3. The lowest BCUT2D eigenvalue weighted by atomic mass is 9.80. The third-order valence-electron chi connectivity index (χ3n) is 4.67. The standard InChI is InChI=1S/C20H31NO6S/c1-18(2)11-14(12-19(3,4)21(18)26-13-20(5,6)23)27-17(22)15-9-7-8-10-16(15)28(24)25/h7-10,14,23H,11-13H2,1-6H3,(H,24,25). The van der Waals surface area contributed by atoms with Gasteiger partial charge in [-0.3, -0.25) is 4.84 Å². The van der Waals surface area contributed by atoms with Gasteiger partial charge in [-0.05, 0) is 53.7 Å². The highest BCUT2D eigenvalue weighted by Gasteiger charge is 2.48. The summed E-state index contributed by atoms with van der Waals surface area (Å²) in [5, 5.41) is 11.9. The van der Waals surface area contributed by atoms with E-state index in [4.69, 9.17) is 9.57 Å². The summed E-state index contributed by atoms with van der Waals surface area (Å²) >= 11 is -2.27. The van der Waals surface area contributed by atoms with Crippen LogP contribution in [0, 0.1) is 0 Å². The monoisotopic (exact) mass is 413 g/mol. The van der Waals surface area contributed by atoms with Crippen LogP contribution in [-0.2, 0) is 20.7 Å². The summed E-state index contributed by atoms with van der Waals surface area (Å²) in [6.07, 6.45) is 0.677. The number of aliphatic hydroxyl groups is 1. The van der Waals surface area contributed by atoms with Gasteiger partial charge in [0.15, 0.2) is 11.1 Å². The van der Waals surface area contributed by atoms with Crippen molar-refractivity contribution in [3.63, 3.8) is 0 Å². The Balaban J connectivity index is 2.16. The van der Waals surface area contributed by atoms with Crippen molar-refractivity contribution < 1.29 is 28.2 Å². The van der Waals surface area contributed by atoms with E-state index in [2.05, 4.69) is 0 Å². The van der Waals surface area contributed by atoms with Crippen molar-refractivity contribution in [2.24, 2.45) is 0 Å². The number of hydroxylamine groups is 2. The molecular weight excluding hydrogens is 382 g/mol. The number of ether oxygens (including phenoxy) is 1. The topological polar surface area (TPSA) is 96.3 Å². The van der Waals surface area contributed by atoms with Gasteiger partial charge in [-0.1, -0.05) is 12.1 Å². The van der Waals surface area contributed by atoms with Crippen molar-refractivity contribution in [2.75, 3.05) is 6.61 Å². The predicted molar refractivity (Wildman–Crippen MR) is 106 cm³/mol. The first-order valence-electron chi connectivity index (χ1n) is 9.29. The van der Waals surface area contributed by atoms with Gasteiger partial charge in [-0.15, -0.1) is 0 Å². The molecule has 0 saturated carbocycles. The number of esters is 1. The average molecular weight is 414 g/mol. The van der Waals surface area contributed by atoms with Crippen LogP contribution in [0.2, 0.25) is 0 Å². The highest BCUT2D eigenvalue weighted by Crippen LogP contribution is 2.40. The van der Waals surface area contributed by atoms with Gasteiger partial charge in [0.05, 0.1) is 22.7 Å². The molecule has 1 heterocycles. The van der Waals surface area contributed by atoms with Crippen LogP contribution in [-0.4, -0.2) is 54.3 Å². The minimum Gasteiger partial charge on any atom is -0.459 e. The Kier molecular flexibility index (Phi) is 6.72. The molecule has 2 N–H and O–H groups in total. The van der Waals surface area contributed by atoms with Crippen LogP contribution >= 0.6 is 0 Å².